The van der Waals surface area contributed by atoms with Crippen LogP contribution < -0.4 is 0 Å². The van der Waals surface area contributed by atoms with Crippen LogP contribution in [-0.4, -0.2) is 45.6 Å². The van der Waals surface area contributed by atoms with Crippen molar-refractivity contribution in [2.24, 2.45) is 0 Å². The number of fused-ring (bicyclic) bond motifs is 1. The van der Waals surface area contributed by atoms with Crippen molar-refractivity contribution in [2.75, 3.05) is 13.1 Å². The van der Waals surface area contributed by atoms with Gasteiger partial charge in [0.1, 0.15) is 17.9 Å². The van der Waals surface area contributed by atoms with E-state index in [4.69, 9.17) is 21.1 Å². The van der Waals surface area contributed by atoms with Gasteiger partial charge in [-0.1, -0.05) is 35.9 Å². The van der Waals surface area contributed by atoms with Gasteiger partial charge in [-0.25, -0.2) is 9.78 Å². The van der Waals surface area contributed by atoms with Gasteiger partial charge in [0.2, 0.25) is 0 Å². The van der Waals surface area contributed by atoms with Gasteiger partial charge in [-0.15, -0.1) is 0 Å². The molecule has 0 bridgehead atoms. The van der Waals surface area contributed by atoms with Crippen LogP contribution in [0.5, 0.6) is 0 Å². The summed E-state index contributed by atoms with van der Waals surface area (Å²) in [6.07, 6.45) is 6.16. The molecule has 8 heteroatoms. The number of carbonyl (C=O) groups is 2. The second-order valence-corrected chi connectivity index (χ2v) is 9.68. The summed E-state index contributed by atoms with van der Waals surface area (Å²) in [4.78, 5) is 34.1. The Bertz CT molecular complexity index is 1240. The number of nitrogens with zero attached hydrogens (tertiary/aromatic N) is 2. The molecule has 3 aromatic rings. The fraction of sp³-hybridized carbons (Fsp3) is 0.346. The summed E-state index contributed by atoms with van der Waals surface area (Å²) in [7, 11) is 0. The van der Waals surface area contributed by atoms with E-state index < -0.39 is 5.60 Å². The van der Waals surface area contributed by atoms with Crippen molar-refractivity contribution in [1.29, 1.82) is 0 Å². The first-order chi connectivity index (χ1) is 16.2. The Morgan fingerprint density at radius 3 is 2.74 bits per heavy atom. The maximum absolute atomic E-state index is 12.4. The first-order valence-corrected chi connectivity index (χ1v) is 11.6. The number of hydrogen-bond acceptors (Lipinski definition) is 5. The van der Waals surface area contributed by atoms with Crippen LogP contribution in [0.15, 0.2) is 48.8 Å². The summed E-state index contributed by atoms with van der Waals surface area (Å²) < 4.78 is 10.9. The number of pyridine rings is 1. The van der Waals surface area contributed by atoms with E-state index in [0.717, 1.165) is 33.3 Å². The molecular formula is C26H28ClN3O4. The molecule has 1 N–H and O–H groups in total. The van der Waals surface area contributed by atoms with E-state index in [9.17, 15) is 9.59 Å². The van der Waals surface area contributed by atoms with Crippen molar-refractivity contribution in [3.63, 3.8) is 0 Å². The summed E-state index contributed by atoms with van der Waals surface area (Å²) in [6, 6.07) is 9.25. The van der Waals surface area contributed by atoms with E-state index in [1.54, 1.807) is 17.2 Å². The highest BCUT2D eigenvalue weighted by molar-refractivity contribution is 6.31. The maximum Gasteiger partial charge on any atom is 0.410 e. The Morgan fingerprint density at radius 1 is 1.24 bits per heavy atom. The minimum atomic E-state index is -0.519. The van der Waals surface area contributed by atoms with Gasteiger partial charge < -0.3 is 19.4 Å². The number of benzene rings is 1. The molecule has 0 fully saturated rings. The van der Waals surface area contributed by atoms with Crippen molar-refractivity contribution >= 4 is 40.3 Å². The standard InChI is InChI=1S/C26H28ClN3O4/c1-26(2,3)34-25(32)30-10-8-18(9-11-30)21-15-29-24-20(21)12-17(14-28-24)13-23(31)33-16-19-6-4-5-7-22(19)27/h4-8,12,14-15H,9-11,13,16H2,1-3H3,(H,28,29). The topological polar surface area (TPSA) is 84.5 Å². The van der Waals surface area contributed by atoms with Crippen LogP contribution in [-0.2, 0) is 27.3 Å². The molecule has 0 spiro atoms. The highest BCUT2D eigenvalue weighted by Crippen LogP contribution is 2.29. The molecule has 34 heavy (non-hydrogen) atoms. The van der Waals surface area contributed by atoms with Crippen LogP contribution in [0.1, 0.15) is 43.9 Å². The molecule has 0 aliphatic carbocycles. The summed E-state index contributed by atoms with van der Waals surface area (Å²) >= 11 is 6.13. The molecule has 178 valence electrons. The predicted octanol–water partition coefficient (Wildman–Crippen LogP) is 5.53. The van der Waals surface area contributed by atoms with E-state index >= 15 is 0 Å². The van der Waals surface area contributed by atoms with E-state index in [2.05, 4.69) is 9.97 Å². The van der Waals surface area contributed by atoms with Gasteiger partial charge in [-0.3, -0.25) is 4.79 Å². The van der Waals surface area contributed by atoms with Crippen LogP contribution in [0.25, 0.3) is 16.6 Å². The van der Waals surface area contributed by atoms with E-state index in [1.807, 2.05) is 57.3 Å². The number of H-pyrrole nitrogens is 1. The van der Waals surface area contributed by atoms with Gasteiger partial charge in [-0.2, -0.15) is 0 Å². The van der Waals surface area contributed by atoms with E-state index in [0.29, 0.717) is 24.5 Å². The fourth-order valence-electron chi connectivity index (χ4n) is 3.81. The van der Waals surface area contributed by atoms with Crippen molar-refractivity contribution in [2.45, 2.75) is 45.8 Å². The maximum atomic E-state index is 12.4. The number of aromatic amines is 1. The second-order valence-electron chi connectivity index (χ2n) is 9.28. The molecule has 1 amide bonds. The van der Waals surface area contributed by atoms with Crippen LogP contribution in [0.3, 0.4) is 0 Å². The Balaban J connectivity index is 1.43. The molecule has 0 radical (unpaired) electrons. The fourth-order valence-corrected chi connectivity index (χ4v) is 4.00. The summed E-state index contributed by atoms with van der Waals surface area (Å²) in [6.45, 7) is 6.77. The smallest absolute Gasteiger partial charge is 0.410 e. The average molecular weight is 482 g/mol. The third kappa shape index (κ3) is 5.78. The monoisotopic (exact) mass is 481 g/mol. The number of carbonyl (C=O) groups excluding carboxylic acids is 2. The predicted molar refractivity (Wildman–Crippen MR) is 131 cm³/mol. The van der Waals surface area contributed by atoms with Gasteiger partial charge in [0, 0.05) is 47.0 Å². The quantitative estimate of drug-likeness (QED) is 0.484. The number of rotatable bonds is 5. The molecule has 0 saturated heterocycles. The van der Waals surface area contributed by atoms with Crippen LogP contribution >= 0.6 is 11.6 Å². The number of aromatic nitrogens is 2. The SMILES string of the molecule is CC(C)(C)OC(=O)N1CC=C(c2c[nH]c3ncc(CC(=O)OCc4ccccc4Cl)cc23)CC1. The van der Waals surface area contributed by atoms with Gasteiger partial charge in [0.25, 0.3) is 0 Å². The molecule has 4 rings (SSSR count). The molecule has 3 heterocycles. The van der Waals surface area contributed by atoms with Crippen LogP contribution in [0.4, 0.5) is 4.79 Å². The molecular weight excluding hydrogens is 454 g/mol. The molecule has 1 aliphatic rings. The third-order valence-corrected chi connectivity index (χ3v) is 5.86. The number of amides is 1. The lowest BCUT2D eigenvalue weighted by Gasteiger charge is -2.29. The molecule has 2 aromatic heterocycles. The summed E-state index contributed by atoms with van der Waals surface area (Å²) in [5.74, 6) is -0.344. The van der Waals surface area contributed by atoms with Crippen molar-refractivity contribution in [3.8, 4) is 0 Å². The Labute approximate surface area is 203 Å². The molecule has 0 saturated carbocycles. The minimum Gasteiger partial charge on any atom is -0.460 e. The van der Waals surface area contributed by atoms with Crippen LogP contribution in [0.2, 0.25) is 5.02 Å². The molecule has 7 nitrogen and oxygen atoms in total. The zero-order valence-corrected chi connectivity index (χ0v) is 20.3. The van der Waals surface area contributed by atoms with Crippen LogP contribution in [0, 0.1) is 0 Å². The Kier molecular flexibility index (Phi) is 6.93. The van der Waals surface area contributed by atoms with Gasteiger partial charge >= 0.3 is 12.1 Å². The second kappa shape index (κ2) is 9.89. The highest BCUT2D eigenvalue weighted by atomic mass is 35.5. The van der Waals surface area contributed by atoms with Crippen molar-refractivity contribution in [1.82, 2.24) is 14.9 Å². The van der Waals surface area contributed by atoms with Gasteiger partial charge in [0.05, 0.1) is 6.42 Å². The number of nitrogens with one attached hydrogen (secondary N) is 1. The van der Waals surface area contributed by atoms with Crippen molar-refractivity contribution < 1.29 is 19.1 Å². The third-order valence-electron chi connectivity index (χ3n) is 5.49. The van der Waals surface area contributed by atoms with Gasteiger partial charge in [-0.05, 0) is 50.5 Å². The molecule has 1 aromatic carbocycles. The lowest BCUT2D eigenvalue weighted by atomic mass is 9.99. The number of hydrogen-bond donors (Lipinski definition) is 1. The first kappa shape index (κ1) is 23.8. The number of halogens is 1. The number of esters is 1. The largest absolute Gasteiger partial charge is 0.460 e. The van der Waals surface area contributed by atoms with E-state index in [-0.39, 0.29) is 25.1 Å². The lowest BCUT2D eigenvalue weighted by Crippen LogP contribution is -2.39. The first-order valence-electron chi connectivity index (χ1n) is 11.2. The summed E-state index contributed by atoms with van der Waals surface area (Å²) in [5, 5.41) is 1.51. The molecule has 1 aliphatic heterocycles. The highest BCUT2D eigenvalue weighted by Gasteiger charge is 2.24. The summed E-state index contributed by atoms with van der Waals surface area (Å²) in [5.41, 5.74) is 3.92. The zero-order valence-electron chi connectivity index (χ0n) is 19.6. The number of ether oxygens (including phenoxy) is 2. The molecule has 0 atom stereocenters. The lowest BCUT2D eigenvalue weighted by molar-refractivity contribution is -0.144. The van der Waals surface area contributed by atoms with Crippen molar-refractivity contribution in [3.05, 3.63) is 70.5 Å². The van der Waals surface area contributed by atoms with E-state index in [1.165, 1.54) is 0 Å². The zero-order chi connectivity index (χ0) is 24.3. The Hall–Kier alpha value is -3.32. The van der Waals surface area contributed by atoms with Gasteiger partial charge in [0.15, 0.2) is 0 Å². The Morgan fingerprint density at radius 2 is 2.03 bits per heavy atom. The normalized spacial score (nSPS) is 14.1. The minimum absolute atomic E-state index is 0.115. The average Bonchev–Trinajstić information content (AvgIpc) is 3.21. The molecule has 0 unspecified atom stereocenters.